The van der Waals surface area contributed by atoms with E-state index in [1.807, 2.05) is 0 Å². The number of halogens is 1. The van der Waals surface area contributed by atoms with E-state index in [0.29, 0.717) is 11.4 Å². The van der Waals surface area contributed by atoms with Crippen LogP contribution in [0.3, 0.4) is 0 Å². The van der Waals surface area contributed by atoms with Crippen LogP contribution in [0.2, 0.25) is 0 Å². The molecule has 0 bridgehead atoms. The van der Waals surface area contributed by atoms with E-state index in [9.17, 15) is 4.39 Å². The molecular weight excluding hydrogens is 231 g/mol. The largest absolute Gasteiger partial charge is 0.367 e. The first kappa shape index (κ1) is 11.4. The second-order valence-electron chi connectivity index (χ2n) is 5.76. The summed E-state index contributed by atoms with van der Waals surface area (Å²) in [6.07, 6.45) is 4.85. The normalized spacial score (nSPS) is 22.7. The SMILES string of the molecule is CC1(C)CCCC1c1cc(F)c2cnc(N)nn12. The fraction of sp³-hybridized carbons (Fsp3) is 0.538. The zero-order valence-corrected chi connectivity index (χ0v) is 10.7. The number of nitrogens with two attached hydrogens (primary N) is 1. The first-order valence-corrected chi connectivity index (χ1v) is 6.29. The van der Waals surface area contributed by atoms with Gasteiger partial charge in [0.2, 0.25) is 5.95 Å². The molecule has 5 heteroatoms. The molecule has 1 atom stereocenters. The van der Waals surface area contributed by atoms with Gasteiger partial charge in [-0.25, -0.2) is 13.9 Å². The molecule has 1 saturated carbocycles. The maximum Gasteiger partial charge on any atom is 0.238 e. The number of fused-ring (bicyclic) bond motifs is 1. The number of hydrogen-bond donors (Lipinski definition) is 1. The zero-order chi connectivity index (χ0) is 12.9. The molecule has 0 aliphatic heterocycles. The molecule has 0 radical (unpaired) electrons. The molecule has 1 fully saturated rings. The number of nitrogens with zero attached hydrogens (tertiary/aromatic N) is 3. The fourth-order valence-corrected chi connectivity index (χ4v) is 3.11. The van der Waals surface area contributed by atoms with Crippen LogP contribution in [0.1, 0.15) is 44.7 Å². The highest BCUT2D eigenvalue weighted by molar-refractivity contribution is 5.50. The molecule has 1 aliphatic carbocycles. The summed E-state index contributed by atoms with van der Waals surface area (Å²) >= 11 is 0. The summed E-state index contributed by atoms with van der Waals surface area (Å²) in [7, 11) is 0. The molecule has 0 aromatic carbocycles. The smallest absolute Gasteiger partial charge is 0.238 e. The van der Waals surface area contributed by atoms with Crippen LogP contribution < -0.4 is 5.73 Å². The lowest BCUT2D eigenvalue weighted by Crippen LogP contribution is -2.18. The van der Waals surface area contributed by atoms with Crippen LogP contribution in [0.15, 0.2) is 12.3 Å². The third-order valence-electron chi connectivity index (χ3n) is 4.13. The lowest BCUT2D eigenvalue weighted by Gasteiger charge is -2.26. The van der Waals surface area contributed by atoms with Gasteiger partial charge < -0.3 is 5.73 Å². The Bertz CT molecular complexity index is 602. The van der Waals surface area contributed by atoms with Crippen molar-refractivity contribution >= 4 is 11.5 Å². The van der Waals surface area contributed by atoms with Crippen molar-refractivity contribution in [1.29, 1.82) is 0 Å². The lowest BCUT2D eigenvalue weighted by atomic mass is 9.80. The second kappa shape index (κ2) is 3.67. The molecule has 0 amide bonds. The van der Waals surface area contributed by atoms with Gasteiger partial charge in [-0.15, -0.1) is 5.10 Å². The first-order valence-electron chi connectivity index (χ1n) is 6.29. The average molecular weight is 248 g/mol. The molecule has 1 aliphatic rings. The summed E-state index contributed by atoms with van der Waals surface area (Å²) in [5.74, 6) is 0.228. The van der Waals surface area contributed by atoms with E-state index in [4.69, 9.17) is 5.73 Å². The first-order chi connectivity index (χ1) is 8.49. The van der Waals surface area contributed by atoms with E-state index < -0.39 is 0 Å². The van der Waals surface area contributed by atoms with Gasteiger partial charge in [-0.2, -0.15) is 0 Å². The minimum atomic E-state index is -0.271. The van der Waals surface area contributed by atoms with Gasteiger partial charge in [0.05, 0.1) is 6.20 Å². The second-order valence-corrected chi connectivity index (χ2v) is 5.76. The van der Waals surface area contributed by atoms with Crippen LogP contribution in [0.4, 0.5) is 10.3 Å². The highest BCUT2D eigenvalue weighted by Gasteiger charge is 2.37. The van der Waals surface area contributed by atoms with Gasteiger partial charge in [0.15, 0.2) is 5.82 Å². The lowest BCUT2D eigenvalue weighted by molar-refractivity contribution is 0.324. The van der Waals surface area contributed by atoms with Crippen LogP contribution in [-0.2, 0) is 0 Å². The number of anilines is 1. The van der Waals surface area contributed by atoms with Crippen molar-refractivity contribution in [2.45, 2.75) is 39.0 Å². The maximum atomic E-state index is 13.9. The van der Waals surface area contributed by atoms with Crippen LogP contribution in [0, 0.1) is 11.2 Å². The van der Waals surface area contributed by atoms with E-state index >= 15 is 0 Å². The monoisotopic (exact) mass is 248 g/mol. The van der Waals surface area contributed by atoms with Crippen molar-refractivity contribution in [2.75, 3.05) is 5.73 Å². The standard InChI is InChI=1S/C13H17FN4/c1-13(2)5-3-4-8(13)10-6-9(14)11-7-16-12(15)17-18(10)11/h6-8H,3-5H2,1-2H3,(H2,15,17). The molecule has 3 rings (SSSR count). The van der Waals surface area contributed by atoms with E-state index in [1.54, 1.807) is 10.6 Å². The summed E-state index contributed by atoms with van der Waals surface area (Å²) in [4.78, 5) is 3.85. The van der Waals surface area contributed by atoms with Gasteiger partial charge in [-0.05, 0) is 24.3 Å². The van der Waals surface area contributed by atoms with Crippen molar-refractivity contribution in [3.63, 3.8) is 0 Å². The molecule has 2 N–H and O–H groups in total. The molecule has 1 unspecified atom stereocenters. The van der Waals surface area contributed by atoms with E-state index in [-0.39, 0.29) is 17.2 Å². The number of aromatic nitrogens is 3. The van der Waals surface area contributed by atoms with Gasteiger partial charge in [-0.3, -0.25) is 0 Å². The maximum absolute atomic E-state index is 13.9. The summed E-state index contributed by atoms with van der Waals surface area (Å²) < 4.78 is 15.5. The van der Waals surface area contributed by atoms with E-state index in [1.165, 1.54) is 12.6 Å². The molecule has 2 heterocycles. The zero-order valence-electron chi connectivity index (χ0n) is 10.7. The highest BCUT2D eigenvalue weighted by atomic mass is 19.1. The molecule has 96 valence electrons. The predicted octanol–water partition coefficient (Wildman–Crippen LogP) is 2.74. The van der Waals surface area contributed by atoms with Crippen molar-refractivity contribution in [3.05, 3.63) is 23.8 Å². The molecule has 2 aromatic heterocycles. The number of rotatable bonds is 1. The third-order valence-corrected chi connectivity index (χ3v) is 4.13. The van der Waals surface area contributed by atoms with Gasteiger partial charge in [0.1, 0.15) is 5.52 Å². The van der Waals surface area contributed by atoms with Crippen LogP contribution >= 0.6 is 0 Å². The van der Waals surface area contributed by atoms with Crippen LogP contribution in [-0.4, -0.2) is 14.6 Å². The topological polar surface area (TPSA) is 56.2 Å². The average Bonchev–Trinajstić information content (AvgIpc) is 2.79. The Kier molecular flexibility index (Phi) is 2.33. The Morgan fingerprint density at radius 3 is 2.94 bits per heavy atom. The summed E-state index contributed by atoms with van der Waals surface area (Å²) in [6.45, 7) is 4.46. The predicted molar refractivity (Wildman–Crippen MR) is 67.7 cm³/mol. The van der Waals surface area contributed by atoms with Gasteiger partial charge >= 0.3 is 0 Å². The van der Waals surface area contributed by atoms with Gasteiger partial charge in [0.25, 0.3) is 0 Å². The number of hydrogen-bond acceptors (Lipinski definition) is 3. The van der Waals surface area contributed by atoms with Crippen molar-refractivity contribution in [1.82, 2.24) is 14.6 Å². The Morgan fingerprint density at radius 1 is 1.50 bits per heavy atom. The Morgan fingerprint density at radius 2 is 2.28 bits per heavy atom. The number of nitrogen functional groups attached to an aromatic ring is 1. The molecule has 18 heavy (non-hydrogen) atoms. The van der Waals surface area contributed by atoms with Crippen LogP contribution in [0.5, 0.6) is 0 Å². The minimum Gasteiger partial charge on any atom is -0.367 e. The quantitative estimate of drug-likeness (QED) is 0.844. The molecule has 4 nitrogen and oxygen atoms in total. The third kappa shape index (κ3) is 1.57. The Balaban J connectivity index is 2.20. The van der Waals surface area contributed by atoms with Crippen molar-refractivity contribution < 1.29 is 4.39 Å². The van der Waals surface area contributed by atoms with Gasteiger partial charge in [-0.1, -0.05) is 20.3 Å². The van der Waals surface area contributed by atoms with Crippen LogP contribution in [0.25, 0.3) is 5.52 Å². The van der Waals surface area contributed by atoms with Crippen molar-refractivity contribution in [2.24, 2.45) is 5.41 Å². The minimum absolute atomic E-state index is 0.176. The van der Waals surface area contributed by atoms with Gasteiger partial charge in [0, 0.05) is 11.6 Å². The summed E-state index contributed by atoms with van der Waals surface area (Å²) in [6, 6.07) is 1.58. The Labute approximate surface area is 105 Å². The molecular formula is C13H17FN4. The van der Waals surface area contributed by atoms with Crippen molar-refractivity contribution in [3.8, 4) is 0 Å². The van der Waals surface area contributed by atoms with E-state index in [0.717, 1.165) is 18.5 Å². The summed E-state index contributed by atoms with van der Waals surface area (Å²) in [5, 5.41) is 4.15. The summed E-state index contributed by atoms with van der Waals surface area (Å²) in [5.41, 5.74) is 7.10. The van der Waals surface area contributed by atoms with E-state index in [2.05, 4.69) is 23.9 Å². The molecule has 0 saturated heterocycles. The molecule has 2 aromatic rings. The highest BCUT2D eigenvalue weighted by Crippen LogP contribution is 2.49. The Hall–Kier alpha value is -1.65. The molecule has 0 spiro atoms. The fourth-order valence-electron chi connectivity index (χ4n) is 3.11.